The first-order valence-electron chi connectivity index (χ1n) is 10.7. The van der Waals surface area contributed by atoms with Crippen molar-refractivity contribution >= 4 is 45.5 Å². The fraction of sp³-hybridized carbons (Fsp3) is 0.435. The number of halogens is 3. The van der Waals surface area contributed by atoms with Gasteiger partial charge in [-0.05, 0) is 44.9 Å². The average molecular weight is 556 g/mol. The monoisotopic (exact) mass is 555 g/mol. The van der Waals surface area contributed by atoms with Gasteiger partial charge < -0.3 is 10.1 Å². The van der Waals surface area contributed by atoms with Crippen LogP contribution in [0.5, 0.6) is 0 Å². The molecule has 4 rings (SSSR count). The Morgan fingerprint density at radius 2 is 1.91 bits per heavy atom. The molecule has 2 amide bonds. The zero-order valence-electron chi connectivity index (χ0n) is 18.8. The molecule has 7 nitrogen and oxygen atoms in total. The van der Waals surface area contributed by atoms with E-state index in [1.807, 2.05) is 24.3 Å². The number of amides is 2. The van der Waals surface area contributed by atoms with Gasteiger partial charge in [0.2, 0.25) is 0 Å². The van der Waals surface area contributed by atoms with Crippen molar-refractivity contribution in [2.75, 3.05) is 5.88 Å². The molecule has 2 N–H and O–H groups in total. The maximum absolute atomic E-state index is 13.5. The van der Waals surface area contributed by atoms with Gasteiger partial charge in [-0.25, -0.2) is 19.0 Å². The predicted octanol–water partition coefficient (Wildman–Crippen LogP) is 4.30. The van der Waals surface area contributed by atoms with E-state index in [2.05, 4.69) is 26.7 Å². The molecule has 1 aliphatic heterocycles. The molecule has 0 aromatic heterocycles. The zero-order valence-corrected chi connectivity index (χ0v) is 21.2. The van der Waals surface area contributed by atoms with Crippen molar-refractivity contribution in [2.45, 2.75) is 51.2 Å². The lowest BCUT2D eigenvalue weighted by Crippen LogP contribution is -2.45. The number of allylic oxidation sites excluding steroid dienone is 2. The van der Waals surface area contributed by atoms with Crippen LogP contribution in [0.2, 0.25) is 0 Å². The number of ether oxygens (including phenoxy) is 1. The summed E-state index contributed by atoms with van der Waals surface area (Å²) in [5.41, 5.74) is 3.02. The van der Waals surface area contributed by atoms with Crippen molar-refractivity contribution in [3.05, 3.63) is 56.6 Å². The lowest BCUT2D eigenvalue weighted by atomic mass is 9.86. The molecule has 1 aromatic rings. The van der Waals surface area contributed by atoms with Crippen molar-refractivity contribution in [1.29, 1.82) is 0 Å². The molecule has 2 aliphatic carbocycles. The molecule has 0 bridgehead atoms. The van der Waals surface area contributed by atoms with Crippen LogP contribution in [0.3, 0.4) is 0 Å². The Labute approximate surface area is 208 Å². The summed E-state index contributed by atoms with van der Waals surface area (Å²) in [6, 6.07) is 6.21. The van der Waals surface area contributed by atoms with Crippen molar-refractivity contribution in [3.63, 3.8) is 0 Å². The van der Waals surface area contributed by atoms with Crippen molar-refractivity contribution < 1.29 is 27.9 Å². The molecule has 1 aromatic carbocycles. The van der Waals surface area contributed by atoms with Gasteiger partial charge in [-0.1, -0.05) is 45.9 Å². The van der Waals surface area contributed by atoms with Gasteiger partial charge in [0.1, 0.15) is 11.3 Å². The van der Waals surface area contributed by atoms with Crippen LogP contribution < -0.4 is 10.7 Å². The normalized spacial score (nSPS) is 23.3. The minimum atomic E-state index is -2.91. The van der Waals surface area contributed by atoms with E-state index >= 15 is 0 Å². The van der Waals surface area contributed by atoms with Gasteiger partial charge in [0.15, 0.2) is 5.78 Å². The van der Waals surface area contributed by atoms with Crippen LogP contribution in [0, 0.1) is 5.92 Å². The number of alkyl halides is 2. The molecule has 34 heavy (non-hydrogen) atoms. The molecular formula is C23H24BrF2N3O4S. The molecule has 11 heteroatoms. The van der Waals surface area contributed by atoms with Crippen LogP contribution in [-0.2, 0) is 20.7 Å². The highest BCUT2D eigenvalue weighted by Gasteiger charge is 2.58. The molecule has 0 radical (unpaired) electrons. The first-order chi connectivity index (χ1) is 15.8. The number of benzene rings is 1. The second-order valence-corrected chi connectivity index (χ2v) is 11.2. The van der Waals surface area contributed by atoms with Crippen LogP contribution in [0.15, 0.2) is 51.0 Å². The van der Waals surface area contributed by atoms with Gasteiger partial charge in [-0.15, -0.1) is 0 Å². The Morgan fingerprint density at radius 1 is 1.26 bits per heavy atom. The number of hydrogen-bond donors (Lipinski definition) is 2. The molecule has 1 saturated carbocycles. The number of hydrogen-bond acceptors (Lipinski definition) is 6. The zero-order chi connectivity index (χ0) is 24.8. The van der Waals surface area contributed by atoms with Crippen LogP contribution in [-0.4, -0.2) is 46.2 Å². The van der Waals surface area contributed by atoms with Crippen LogP contribution in [0.4, 0.5) is 13.6 Å². The first kappa shape index (κ1) is 24.7. The number of carbonyl (C=O) groups excluding carboxylic acids is 3. The Hall–Kier alpha value is -2.40. The Kier molecular flexibility index (Phi) is 6.54. The van der Waals surface area contributed by atoms with Crippen LogP contribution >= 0.6 is 27.7 Å². The molecule has 0 saturated heterocycles. The molecule has 1 heterocycles. The number of Topliss-reactive ketones (excluding diaryl/α,β-unsaturated/α-hetero) is 1. The standard InChI is InChI=1S/C23H24BrF2N3O4S/c1-22(2,3)33-21(32)28-29-11-34-19-15(20(31)27-16-10-23(16,25)26)9-13(18(30)17(19)29)8-12-4-6-14(24)7-5-12/h4-7,9,13,16H,8,10-11H2,1-3H3,(H,27,31)(H,28,32). The first-order valence-corrected chi connectivity index (χ1v) is 12.5. The van der Waals surface area contributed by atoms with E-state index < -0.39 is 41.9 Å². The van der Waals surface area contributed by atoms with Crippen LogP contribution in [0.25, 0.3) is 0 Å². The number of nitrogens with zero attached hydrogens (tertiary/aromatic N) is 1. The van der Waals surface area contributed by atoms with Crippen molar-refractivity contribution in [2.24, 2.45) is 5.92 Å². The van der Waals surface area contributed by atoms with Crippen molar-refractivity contribution in [1.82, 2.24) is 15.8 Å². The van der Waals surface area contributed by atoms with Gasteiger partial charge in [-0.3, -0.25) is 14.6 Å². The van der Waals surface area contributed by atoms with E-state index in [4.69, 9.17) is 4.74 Å². The number of hydrazine groups is 1. The minimum Gasteiger partial charge on any atom is -0.443 e. The summed E-state index contributed by atoms with van der Waals surface area (Å²) < 4.78 is 33.0. The quantitative estimate of drug-likeness (QED) is 0.563. The summed E-state index contributed by atoms with van der Waals surface area (Å²) in [6.45, 7) is 5.15. The summed E-state index contributed by atoms with van der Waals surface area (Å²) >= 11 is 4.56. The minimum absolute atomic E-state index is 0.160. The maximum Gasteiger partial charge on any atom is 0.426 e. The second kappa shape index (κ2) is 8.99. The van der Waals surface area contributed by atoms with E-state index in [0.717, 1.165) is 10.0 Å². The van der Waals surface area contributed by atoms with E-state index in [1.54, 1.807) is 26.8 Å². The topological polar surface area (TPSA) is 87.7 Å². The number of ketones is 1. The molecule has 2 unspecified atom stereocenters. The summed E-state index contributed by atoms with van der Waals surface area (Å²) in [6.07, 6.45) is 0.712. The summed E-state index contributed by atoms with van der Waals surface area (Å²) in [7, 11) is 0. The Balaban J connectivity index is 1.61. The molecule has 182 valence electrons. The highest BCUT2D eigenvalue weighted by Crippen LogP contribution is 2.44. The number of nitrogens with one attached hydrogen (secondary N) is 2. The third kappa shape index (κ3) is 5.46. The van der Waals surface area contributed by atoms with E-state index in [-0.39, 0.29) is 22.9 Å². The fourth-order valence-electron chi connectivity index (χ4n) is 3.67. The number of thioether (sulfide) groups is 1. The Bertz CT molecular complexity index is 1100. The average Bonchev–Trinajstić information content (AvgIpc) is 3.12. The van der Waals surface area contributed by atoms with E-state index in [9.17, 15) is 23.2 Å². The van der Waals surface area contributed by atoms with Gasteiger partial charge in [0.25, 0.3) is 11.8 Å². The molecular weight excluding hydrogens is 532 g/mol. The Morgan fingerprint density at radius 3 is 2.50 bits per heavy atom. The highest BCUT2D eigenvalue weighted by molar-refractivity contribution is 9.10. The molecule has 0 spiro atoms. The fourth-order valence-corrected chi connectivity index (χ4v) is 5.05. The highest BCUT2D eigenvalue weighted by atomic mass is 79.9. The van der Waals surface area contributed by atoms with Gasteiger partial charge in [-0.2, -0.15) is 0 Å². The lowest BCUT2D eigenvalue weighted by Gasteiger charge is -2.28. The summed E-state index contributed by atoms with van der Waals surface area (Å²) in [5, 5.41) is 3.73. The third-order valence-corrected chi connectivity index (χ3v) is 6.99. The SMILES string of the molecule is CC(C)(C)OC(=O)NN1CSC2=C1C(=O)C(Cc1ccc(Br)cc1)C=C2C(=O)NC1CC1(F)F. The van der Waals surface area contributed by atoms with Gasteiger partial charge in [0.05, 0.1) is 22.4 Å². The molecule has 1 fully saturated rings. The van der Waals surface area contributed by atoms with Crippen LogP contribution in [0.1, 0.15) is 32.8 Å². The number of rotatable bonds is 5. The van der Waals surface area contributed by atoms with E-state index in [1.165, 1.54) is 16.8 Å². The largest absolute Gasteiger partial charge is 0.443 e. The summed E-state index contributed by atoms with van der Waals surface area (Å²) in [4.78, 5) is 39.1. The smallest absolute Gasteiger partial charge is 0.426 e. The van der Waals surface area contributed by atoms with Crippen molar-refractivity contribution in [3.8, 4) is 0 Å². The number of carbonyl (C=O) groups is 3. The summed E-state index contributed by atoms with van der Waals surface area (Å²) in [5.74, 6) is -4.38. The van der Waals surface area contributed by atoms with Gasteiger partial charge in [0, 0.05) is 16.8 Å². The van der Waals surface area contributed by atoms with E-state index in [0.29, 0.717) is 11.3 Å². The maximum atomic E-state index is 13.5. The predicted molar refractivity (Wildman–Crippen MR) is 127 cm³/mol. The van der Waals surface area contributed by atoms with Gasteiger partial charge >= 0.3 is 6.09 Å². The molecule has 3 aliphatic rings. The third-order valence-electron chi connectivity index (χ3n) is 5.38. The lowest BCUT2D eigenvalue weighted by molar-refractivity contribution is -0.120. The molecule has 2 atom stereocenters. The second-order valence-electron chi connectivity index (χ2n) is 9.37.